The molecule has 0 spiro atoms. The van der Waals surface area contributed by atoms with E-state index in [-0.39, 0.29) is 0 Å². The molecule has 0 saturated carbocycles. The highest BCUT2D eigenvalue weighted by Crippen LogP contribution is 2.23. The Hall–Kier alpha value is -1.66. The summed E-state index contributed by atoms with van der Waals surface area (Å²) >= 11 is 1.67. The van der Waals surface area contributed by atoms with Gasteiger partial charge in [0.1, 0.15) is 5.82 Å². The molecule has 2 aromatic heterocycles. The van der Waals surface area contributed by atoms with Crippen molar-refractivity contribution in [3.8, 4) is 0 Å². The van der Waals surface area contributed by atoms with Gasteiger partial charge in [-0.05, 0) is 37.8 Å². The van der Waals surface area contributed by atoms with Crippen molar-refractivity contribution in [3.63, 3.8) is 0 Å². The van der Waals surface area contributed by atoms with Gasteiger partial charge in [0.15, 0.2) is 0 Å². The first-order chi connectivity index (χ1) is 10.8. The second kappa shape index (κ2) is 7.07. The summed E-state index contributed by atoms with van der Waals surface area (Å²) < 4.78 is 0. The van der Waals surface area contributed by atoms with Gasteiger partial charge in [-0.25, -0.2) is 9.97 Å². The molecule has 3 rings (SSSR count). The molecule has 0 aliphatic carbocycles. The number of anilines is 2. The molecule has 1 fully saturated rings. The number of nitrogens with one attached hydrogen (secondary N) is 1. The summed E-state index contributed by atoms with van der Waals surface area (Å²) in [5.41, 5.74) is 4.12. The molecule has 3 heterocycles. The molecule has 1 saturated heterocycles. The lowest BCUT2D eigenvalue weighted by Crippen LogP contribution is -2.34. The van der Waals surface area contributed by atoms with Crippen molar-refractivity contribution in [1.29, 1.82) is 0 Å². The van der Waals surface area contributed by atoms with E-state index in [1.54, 1.807) is 11.3 Å². The van der Waals surface area contributed by atoms with Gasteiger partial charge in [-0.15, -0.1) is 11.3 Å². The Balaban J connectivity index is 1.55. The van der Waals surface area contributed by atoms with E-state index in [1.807, 2.05) is 24.7 Å². The maximum absolute atomic E-state index is 9.20. The predicted octanol–water partition coefficient (Wildman–Crippen LogP) is 2.67. The van der Waals surface area contributed by atoms with Gasteiger partial charge in [0.05, 0.1) is 29.6 Å². The van der Waals surface area contributed by atoms with Crippen molar-refractivity contribution in [3.05, 3.63) is 34.4 Å². The summed E-state index contributed by atoms with van der Waals surface area (Å²) in [6.07, 6.45) is 4.05. The van der Waals surface area contributed by atoms with Crippen molar-refractivity contribution >= 4 is 22.8 Å². The molecule has 0 aromatic carbocycles. The summed E-state index contributed by atoms with van der Waals surface area (Å²) in [7, 11) is 0. The fourth-order valence-corrected chi connectivity index (χ4v) is 3.43. The van der Waals surface area contributed by atoms with E-state index in [0.29, 0.717) is 12.5 Å². The zero-order chi connectivity index (χ0) is 15.4. The average Bonchev–Trinajstić information content (AvgIpc) is 2.99. The molecule has 2 aromatic rings. The molecule has 5 nitrogen and oxygen atoms in total. The van der Waals surface area contributed by atoms with Crippen LogP contribution in [0.4, 0.5) is 11.5 Å². The highest BCUT2D eigenvalue weighted by atomic mass is 32.1. The Morgan fingerprint density at radius 2 is 2.14 bits per heavy atom. The van der Waals surface area contributed by atoms with Gasteiger partial charge >= 0.3 is 0 Å². The average molecular weight is 318 g/mol. The molecular weight excluding hydrogens is 296 g/mol. The van der Waals surface area contributed by atoms with Crippen LogP contribution in [0.25, 0.3) is 0 Å². The number of nitrogens with zero attached hydrogens (tertiary/aromatic N) is 3. The Morgan fingerprint density at radius 3 is 2.73 bits per heavy atom. The van der Waals surface area contributed by atoms with Crippen LogP contribution in [0.2, 0.25) is 0 Å². The molecule has 0 atom stereocenters. The number of rotatable bonds is 5. The van der Waals surface area contributed by atoms with Crippen LogP contribution in [0.1, 0.15) is 23.4 Å². The van der Waals surface area contributed by atoms with Crippen LogP contribution < -0.4 is 10.2 Å². The summed E-state index contributed by atoms with van der Waals surface area (Å²) in [6.45, 7) is 5.11. The number of hydrogen-bond acceptors (Lipinski definition) is 6. The summed E-state index contributed by atoms with van der Waals surface area (Å²) in [6, 6.07) is 4.15. The molecule has 2 N–H and O–H groups in total. The quantitative estimate of drug-likeness (QED) is 0.887. The fraction of sp³-hybridized carbons (Fsp3) is 0.500. The topological polar surface area (TPSA) is 61.3 Å². The van der Waals surface area contributed by atoms with E-state index < -0.39 is 0 Å². The molecule has 0 radical (unpaired) electrons. The minimum absolute atomic E-state index is 0.311. The zero-order valence-electron chi connectivity index (χ0n) is 12.8. The van der Waals surface area contributed by atoms with Crippen LogP contribution >= 0.6 is 11.3 Å². The zero-order valence-corrected chi connectivity index (χ0v) is 13.6. The van der Waals surface area contributed by atoms with Gasteiger partial charge in [-0.3, -0.25) is 0 Å². The van der Waals surface area contributed by atoms with E-state index in [9.17, 15) is 5.11 Å². The Kier molecular flexibility index (Phi) is 4.90. The smallest absolute Gasteiger partial charge is 0.126 e. The third kappa shape index (κ3) is 3.56. The lowest BCUT2D eigenvalue weighted by atomic mass is 9.98. The molecule has 0 unspecified atom stereocenters. The Morgan fingerprint density at radius 1 is 1.32 bits per heavy atom. The van der Waals surface area contributed by atoms with Crippen molar-refractivity contribution in [2.24, 2.45) is 5.92 Å². The number of pyridine rings is 1. The lowest BCUT2D eigenvalue weighted by molar-refractivity contribution is 0.203. The highest BCUT2D eigenvalue weighted by molar-refractivity contribution is 7.09. The number of aliphatic hydroxyl groups is 1. The summed E-state index contributed by atoms with van der Waals surface area (Å²) in [4.78, 5) is 12.3. The molecule has 118 valence electrons. The maximum atomic E-state index is 9.20. The van der Waals surface area contributed by atoms with Gasteiger partial charge in [0.2, 0.25) is 0 Å². The SMILES string of the molecule is Cc1ncsc1CNc1ccc(N2CCC(CO)CC2)cn1. The standard InChI is InChI=1S/C16H22N4OS/c1-12-15(22-11-19-12)9-18-16-3-2-14(8-17-16)20-6-4-13(10-21)5-7-20/h2-3,8,11,13,21H,4-7,9-10H2,1H3,(H,17,18). The summed E-state index contributed by atoms with van der Waals surface area (Å²) in [5.74, 6) is 1.36. The second-order valence-corrected chi connectivity index (χ2v) is 6.67. The van der Waals surface area contributed by atoms with Crippen LogP contribution in [-0.2, 0) is 6.54 Å². The van der Waals surface area contributed by atoms with E-state index in [0.717, 1.165) is 49.7 Å². The van der Waals surface area contributed by atoms with Gasteiger partial charge < -0.3 is 15.3 Å². The summed E-state index contributed by atoms with van der Waals surface area (Å²) in [5, 5.41) is 12.5. The molecule has 1 aliphatic heterocycles. The van der Waals surface area contributed by atoms with Crippen LogP contribution in [0.15, 0.2) is 23.8 Å². The molecule has 1 aliphatic rings. The molecular formula is C16H22N4OS. The lowest BCUT2D eigenvalue weighted by Gasteiger charge is -2.32. The van der Waals surface area contributed by atoms with Crippen LogP contribution in [-0.4, -0.2) is 34.8 Å². The highest BCUT2D eigenvalue weighted by Gasteiger charge is 2.18. The van der Waals surface area contributed by atoms with Crippen molar-refractivity contribution in [1.82, 2.24) is 9.97 Å². The number of aryl methyl sites for hydroxylation is 1. The first-order valence-electron chi connectivity index (χ1n) is 7.71. The number of aliphatic hydroxyl groups excluding tert-OH is 1. The monoisotopic (exact) mass is 318 g/mol. The van der Waals surface area contributed by atoms with Gasteiger partial charge in [-0.1, -0.05) is 0 Å². The van der Waals surface area contributed by atoms with Crippen molar-refractivity contribution in [2.45, 2.75) is 26.3 Å². The molecule has 22 heavy (non-hydrogen) atoms. The normalized spacial score (nSPS) is 16.0. The molecule has 0 bridgehead atoms. The Bertz CT molecular complexity index is 590. The van der Waals surface area contributed by atoms with Gasteiger partial charge in [0, 0.05) is 24.6 Å². The van der Waals surface area contributed by atoms with Crippen LogP contribution in [0.5, 0.6) is 0 Å². The van der Waals surface area contributed by atoms with E-state index >= 15 is 0 Å². The van der Waals surface area contributed by atoms with Crippen LogP contribution in [0, 0.1) is 12.8 Å². The van der Waals surface area contributed by atoms with Gasteiger partial charge in [-0.2, -0.15) is 0 Å². The van der Waals surface area contributed by atoms with Gasteiger partial charge in [0.25, 0.3) is 0 Å². The van der Waals surface area contributed by atoms with E-state index in [1.165, 1.54) is 4.88 Å². The number of piperidine rings is 1. The maximum Gasteiger partial charge on any atom is 0.126 e. The molecule has 6 heteroatoms. The number of hydrogen-bond donors (Lipinski definition) is 2. The first-order valence-corrected chi connectivity index (χ1v) is 8.59. The minimum Gasteiger partial charge on any atom is -0.396 e. The van der Waals surface area contributed by atoms with Crippen molar-refractivity contribution < 1.29 is 5.11 Å². The van der Waals surface area contributed by atoms with Crippen molar-refractivity contribution in [2.75, 3.05) is 29.9 Å². The fourth-order valence-electron chi connectivity index (χ4n) is 2.72. The number of thiazole rings is 1. The van der Waals surface area contributed by atoms with E-state index in [2.05, 4.69) is 26.3 Å². The van der Waals surface area contributed by atoms with E-state index in [4.69, 9.17) is 0 Å². The number of aromatic nitrogens is 2. The predicted molar refractivity (Wildman–Crippen MR) is 90.4 cm³/mol. The third-order valence-electron chi connectivity index (χ3n) is 4.26. The Labute approximate surface area is 135 Å². The minimum atomic E-state index is 0.311. The third-order valence-corrected chi connectivity index (χ3v) is 5.20. The first kappa shape index (κ1) is 15.2. The largest absolute Gasteiger partial charge is 0.396 e. The van der Waals surface area contributed by atoms with Crippen LogP contribution in [0.3, 0.4) is 0 Å². The second-order valence-electron chi connectivity index (χ2n) is 5.73. The molecule has 0 amide bonds.